The second-order valence-corrected chi connectivity index (χ2v) is 7.97. The average molecular weight is 380 g/mol. The van der Waals surface area contributed by atoms with E-state index in [-0.39, 0.29) is 0 Å². The Bertz CT molecular complexity index is 750. The van der Waals surface area contributed by atoms with Crippen molar-refractivity contribution in [1.82, 2.24) is 14.8 Å². The fourth-order valence-electron chi connectivity index (χ4n) is 2.63. The van der Waals surface area contributed by atoms with E-state index in [0.717, 1.165) is 12.2 Å². The van der Waals surface area contributed by atoms with E-state index in [9.17, 15) is 13.2 Å². The standard InChI is InChI=1S/C17H24N4O4S/c1-2-3-4-7-15(17(22)19-23)14-26(24,25)21-12-10-20(11-13-21)16-8-5-6-9-18-16/h5-6,8-9,15,23H,2-3,10-14H2,1H3,(H,19,22). The zero-order chi connectivity index (χ0) is 19.0. The normalized spacial score (nSPS) is 16.5. The van der Waals surface area contributed by atoms with Gasteiger partial charge in [-0.2, -0.15) is 4.31 Å². The molecule has 0 aliphatic carbocycles. The maximum absolute atomic E-state index is 12.7. The topological polar surface area (TPSA) is 103 Å². The number of rotatable bonds is 6. The number of aromatic nitrogens is 1. The van der Waals surface area contributed by atoms with Crippen LogP contribution >= 0.6 is 0 Å². The second kappa shape index (κ2) is 9.52. The third-order valence-corrected chi connectivity index (χ3v) is 5.97. The van der Waals surface area contributed by atoms with Gasteiger partial charge in [0.2, 0.25) is 10.0 Å². The molecule has 1 fully saturated rings. The van der Waals surface area contributed by atoms with Gasteiger partial charge in [0.25, 0.3) is 5.91 Å². The minimum atomic E-state index is -3.67. The van der Waals surface area contributed by atoms with Crippen molar-refractivity contribution in [3.63, 3.8) is 0 Å². The Morgan fingerprint density at radius 2 is 2.08 bits per heavy atom. The molecule has 1 atom stereocenters. The van der Waals surface area contributed by atoms with Crippen molar-refractivity contribution in [1.29, 1.82) is 0 Å². The lowest BCUT2D eigenvalue weighted by Gasteiger charge is -2.34. The first-order valence-electron chi connectivity index (χ1n) is 8.54. The number of nitrogens with one attached hydrogen (secondary N) is 1. The molecule has 0 aromatic carbocycles. The zero-order valence-electron chi connectivity index (χ0n) is 14.8. The number of carbonyl (C=O) groups excluding carboxylic acids is 1. The largest absolute Gasteiger partial charge is 0.354 e. The molecule has 0 saturated carbocycles. The third kappa shape index (κ3) is 5.42. The highest BCUT2D eigenvalue weighted by molar-refractivity contribution is 7.89. The van der Waals surface area contributed by atoms with E-state index in [1.165, 1.54) is 9.79 Å². The number of amides is 1. The predicted octanol–water partition coefficient (Wildman–Crippen LogP) is 0.459. The molecule has 0 spiro atoms. The van der Waals surface area contributed by atoms with Crippen molar-refractivity contribution in [2.45, 2.75) is 19.8 Å². The van der Waals surface area contributed by atoms with Gasteiger partial charge in [-0.3, -0.25) is 10.0 Å². The number of sulfonamides is 1. The Labute approximate surface area is 154 Å². The highest BCUT2D eigenvalue weighted by Gasteiger charge is 2.31. The number of pyridine rings is 1. The van der Waals surface area contributed by atoms with Crippen molar-refractivity contribution < 1.29 is 18.4 Å². The first-order valence-corrected chi connectivity index (χ1v) is 10.1. The van der Waals surface area contributed by atoms with E-state index >= 15 is 0 Å². The van der Waals surface area contributed by atoms with Crippen LogP contribution in [0.1, 0.15) is 19.8 Å². The van der Waals surface area contributed by atoms with E-state index in [4.69, 9.17) is 5.21 Å². The Kier molecular flexibility index (Phi) is 7.38. The minimum absolute atomic E-state index is 0.314. The van der Waals surface area contributed by atoms with E-state index in [0.29, 0.717) is 32.6 Å². The Hall–Kier alpha value is -2.15. The van der Waals surface area contributed by atoms with Gasteiger partial charge in [0, 0.05) is 38.8 Å². The number of carbonyl (C=O) groups is 1. The van der Waals surface area contributed by atoms with Crippen LogP contribution in [0, 0.1) is 17.8 Å². The van der Waals surface area contributed by atoms with Crippen LogP contribution in [0.15, 0.2) is 24.4 Å². The molecule has 0 bridgehead atoms. The molecule has 2 N–H and O–H groups in total. The second-order valence-electron chi connectivity index (χ2n) is 5.95. The summed E-state index contributed by atoms with van der Waals surface area (Å²) < 4.78 is 26.7. The summed E-state index contributed by atoms with van der Waals surface area (Å²) >= 11 is 0. The molecule has 142 valence electrons. The van der Waals surface area contributed by atoms with Gasteiger partial charge in [-0.25, -0.2) is 18.9 Å². The van der Waals surface area contributed by atoms with Gasteiger partial charge >= 0.3 is 0 Å². The van der Waals surface area contributed by atoms with Crippen molar-refractivity contribution in [3.05, 3.63) is 24.4 Å². The molecule has 8 nitrogen and oxygen atoms in total. The van der Waals surface area contributed by atoms with Gasteiger partial charge < -0.3 is 4.90 Å². The number of unbranched alkanes of at least 4 members (excludes halogenated alkanes) is 1. The van der Waals surface area contributed by atoms with E-state index in [1.54, 1.807) is 6.20 Å². The summed E-state index contributed by atoms with van der Waals surface area (Å²) in [7, 11) is -3.67. The molecule has 1 amide bonds. The fraction of sp³-hybridized carbons (Fsp3) is 0.529. The summed E-state index contributed by atoms with van der Waals surface area (Å²) in [5.74, 6) is 3.91. The zero-order valence-corrected chi connectivity index (χ0v) is 15.6. The van der Waals surface area contributed by atoms with Crippen LogP contribution < -0.4 is 10.4 Å². The number of hydrogen-bond acceptors (Lipinski definition) is 6. The first kappa shape index (κ1) is 20.2. The van der Waals surface area contributed by atoms with Crippen LogP contribution in [0.3, 0.4) is 0 Å². The Morgan fingerprint density at radius 3 is 2.65 bits per heavy atom. The van der Waals surface area contributed by atoms with E-state index < -0.39 is 27.6 Å². The quantitative estimate of drug-likeness (QED) is 0.422. The summed E-state index contributed by atoms with van der Waals surface area (Å²) in [6.45, 7) is 3.61. The lowest BCUT2D eigenvalue weighted by Crippen LogP contribution is -2.50. The molecule has 2 rings (SSSR count). The van der Waals surface area contributed by atoms with Crippen LogP contribution in [0.25, 0.3) is 0 Å². The molecular formula is C17H24N4O4S. The summed E-state index contributed by atoms with van der Waals surface area (Å²) in [5, 5.41) is 8.84. The fourth-order valence-corrected chi connectivity index (χ4v) is 4.22. The van der Waals surface area contributed by atoms with Crippen LogP contribution in [-0.4, -0.2) is 60.8 Å². The molecule has 9 heteroatoms. The number of piperazine rings is 1. The summed E-state index contributed by atoms with van der Waals surface area (Å²) in [5.41, 5.74) is 1.51. The molecule has 1 aliphatic rings. The Balaban J connectivity index is 2.01. The minimum Gasteiger partial charge on any atom is -0.354 e. The molecule has 1 aliphatic heterocycles. The monoisotopic (exact) mass is 380 g/mol. The van der Waals surface area contributed by atoms with Gasteiger partial charge in [0.05, 0.1) is 5.75 Å². The summed E-state index contributed by atoms with van der Waals surface area (Å²) in [6, 6.07) is 5.60. The first-order chi connectivity index (χ1) is 12.5. The summed E-state index contributed by atoms with van der Waals surface area (Å²) in [6.07, 6.45) is 3.08. The summed E-state index contributed by atoms with van der Waals surface area (Å²) in [4.78, 5) is 18.0. The Morgan fingerprint density at radius 1 is 1.35 bits per heavy atom. The van der Waals surface area contributed by atoms with Crippen molar-refractivity contribution in [3.8, 4) is 11.8 Å². The smallest absolute Gasteiger partial charge is 0.259 e. The SMILES string of the molecule is CCCC#CC(CS(=O)(=O)N1CCN(c2ccccn2)CC1)C(=O)NO. The van der Waals surface area contributed by atoms with E-state index in [2.05, 4.69) is 16.8 Å². The predicted molar refractivity (Wildman–Crippen MR) is 97.9 cm³/mol. The maximum atomic E-state index is 12.7. The van der Waals surface area contributed by atoms with E-state index in [1.807, 2.05) is 30.0 Å². The third-order valence-electron chi connectivity index (χ3n) is 4.06. The molecule has 0 radical (unpaired) electrons. The number of anilines is 1. The van der Waals surface area contributed by atoms with Gasteiger partial charge in [0.1, 0.15) is 11.7 Å². The number of nitrogens with zero attached hydrogens (tertiary/aromatic N) is 3. The van der Waals surface area contributed by atoms with Gasteiger partial charge in [-0.1, -0.05) is 18.9 Å². The molecular weight excluding hydrogens is 356 g/mol. The van der Waals surface area contributed by atoms with Gasteiger partial charge in [0.15, 0.2) is 0 Å². The van der Waals surface area contributed by atoms with Gasteiger partial charge in [-0.15, -0.1) is 5.92 Å². The van der Waals surface area contributed by atoms with Crippen LogP contribution in [0.5, 0.6) is 0 Å². The molecule has 26 heavy (non-hydrogen) atoms. The molecule has 1 unspecified atom stereocenters. The lowest BCUT2D eigenvalue weighted by molar-refractivity contribution is -0.131. The van der Waals surface area contributed by atoms with Crippen LogP contribution in [0.2, 0.25) is 0 Å². The van der Waals surface area contributed by atoms with Crippen molar-refractivity contribution in [2.75, 3.05) is 36.8 Å². The molecule has 1 saturated heterocycles. The lowest BCUT2D eigenvalue weighted by atomic mass is 10.1. The van der Waals surface area contributed by atoms with Crippen molar-refractivity contribution >= 4 is 21.7 Å². The van der Waals surface area contributed by atoms with Crippen LogP contribution in [0.4, 0.5) is 5.82 Å². The maximum Gasteiger partial charge on any atom is 0.259 e. The highest BCUT2D eigenvalue weighted by atomic mass is 32.2. The molecule has 1 aromatic rings. The average Bonchev–Trinajstić information content (AvgIpc) is 2.67. The number of hydroxylamine groups is 1. The van der Waals surface area contributed by atoms with Crippen LogP contribution in [-0.2, 0) is 14.8 Å². The number of hydrogen-bond donors (Lipinski definition) is 2. The van der Waals surface area contributed by atoms with Crippen molar-refractivity contribution in [2.24, 2.45) is 5.92 Å². The van der Waals surface area contributed by atoms with Gasteiger partial charge in [-0.05, 0) is 18.6 Å². The molecule has 1 aromatic heterocycles. The molecule has 2 heterocycles. The highest BCUT2D eigenvalue weighted by Crippen LogP contribution is 2.16.